The number of amides is 1. The van der Waals surface area contributed by atoms with Crippen LogP contribution in [0.2, 0.25) is 10.2 Å². The molecular formula is C22H29Cl2N5O4. The Morgan fingerprint density at radius 2 is 2.09 bits per heavy atom. The first kappa shape index (κ1) is 25.4. The maximum atomic E-state index is 12.8. The van der Waals surface area contributed by atoms with Crippen LogP contribution in [0.25, 0.3) is 5.69 Å². The van der Waals surface area contributed by atoms with E-state index in [1.54, 1.807) is 18.2 Å². The summed E-state index contributed by atoms with van der Waals surface area (Å²) in [6.07, 6.45) is 4.84. The van der Waals surface area contributed by atoms with Crippen LogP contribution in [0.4, 0.5) is 5.69 Å². The van der Waals surface area contributed by atoms with E-state index in [-0.39, 0.29) is 23.7 Å². The van der Waals surface area contributed by atoms with Gasteiger partial charge >= 0.3 is 5.97 Å². The van der Waals surface area contributed by atoms with Crippen molar-refractivity contribution >= 4 is 40.8 Å². The second kappa shape index (κ2) is 11.3. The van der Waals surface area contributed by atoms with Crippen LogP contribution in [0, 0.1) is 0 Å². The third kappa shape index (κ3) is 7.96. The van der Waals surface area contributed by atoms with Crippen LogP contribution in [0.3, 0.4) is 0 Å². The van der Waals surface area contributed by atoms with E-state index in [4.69, 9.17) is 32.7 Å². The molecule has 2 aromatic rings. The number of nitrogens with zero attached hydrogens (tertiary/aromatic N) is 3. The van der Waals surface area contributed by atoms with Crippen molar-refractivity contribution in [2.45, 2.75) is 64.2 Å². The van der Waals surface area contributed by atoms with Gasteiger partial charge in [-0.1, -0.05) is 28.4 Å². The third-order valence-electron chi connectivity index (χ3n) is 4.92. The Hall–Kier alpha value is -2.20. The molecule has 0 radical (unpaired) electrons. The first-order valence-electron chi connectivity index (χ1n) is 10.9. The van der Waals surface area contributed by atoms with E-state index in [0.717, 1.165) is 19.3 Å². The minimum atomic E-state index is -0.675. The Bertz CT molecular complexity index is 970. The fourth-order valence-corrected chi connectivity index (χ4v) is 3.77. The lowest BCUT2D eigenvalue weighted by atomic mass is 10.0. The SMILES string of the molecule is CC(C)(C)OC(=O)C(CC1CCCCO1)NCC(=O)Nc1cc(Cl)ccc1-n1cc(Cl)nn1. The number of aromatic nitrogens is 3. The van der Waals surface area contributed by atoms with E-state index in [1.807, 2.05) is 20.8 Å². The quantitative estimate of drug-likeness (QED) is 0.534. The van der Waals surface area contributed by atoms with E-state index in [0.29, 0.717) is 29.4 Å². The molecule has 1 aliphatic rings. The topological polar surface area (TPSA) is 107 Å². The summed E-state index contributed by atoms with van der Waals surface area (Å²) in [5, 5.41) is 14.2. The predicted octanol–water partition coefficient (Wildman–Crippen LogP) is 3.77. The summed E-state index contributed by atoms with van der Waals surface area (Å²) >= 11 is 12.0. The van der Waals surface area contributed by atoms with Gasteiger partial charge in [0.2, 0.25) is 5.91 Å². The highest BCUT2D eigenvalue weighted by Crippen LogP contribution is 2.25. The number of hydrogen-bond acceptors (Lipinski definition) is 7. The zero-order chi connectivity index (χ0) is 24.0. The van der Waals surface area contributed by atoms with E-state index in [9.17, 15) is 9.59 Å². The van der Waals surface area contributed by atoms with Gasteiger partial charge in [0.05, 0.1) is 30.2 Å². The van der Waals surface area contributed by atoms with Crippen molar-refractivity contribution in [2.24, 2.45) is 0 Å². The number of benzene rings is 1. The number of nitrogens with one attached hydrogen (secondary N) is 2. The van der Waals surface area contributed by atoms with E-state index < -0.39 is 17.6 Å². The Labute approximate surface area is 203 Å². The number of ether oxygens (including phenoxy) is 2. The predicted molar refractivity (Wildman–Crippen MR) is 126 cm³/mol. The molecule has 0 bridgehead atoms. The second-order valence-corrected chi connectivity index (χ2v) is 9.71. The van der Waals surface area contributed by atoms with Crippen LogP contribution in [0.5, 0.6) is 0 Å². The van der Waals surface area contributed by atoms with Gasteiger partial charge in [-0.25, -0.2) is 4.68 Å². The number of carbonyl (C=O) groups is 2. The molecular weight excluding hydrogens is 469 g/mol. The standard InChI is InChI=1S/C22H29Cl2N5O4/c1-22(2,3)33-21(31)17(11-15-6-4-5-9-32-15)25-12-20(30)26-16-10-14(23)7-8-18(16)29-13-19(24)27-28-29/h7-8,10,13,15,17,25H,4-6,9,11-12H2,1-3H3,(H,26,30). The van der Waals surface area contributed by atoms with Gasteiger partial charge < -0.3 is 14.8 Å². The van der Waals surface area contributed by atoms with Gasteiger partial charge in [0, 0.05) is 11.6 Å². The maximum absolute atomic E-state index is 12.8. The van der Waals surface area contributed by atoms with E-state index in [2.05, 4.69) is 20.9 Å². The van der Waals surface area contributed by atoms with Gasteiger partial charge in [0.15, 0.2) is 5.15 Å². The molecule has 1 aliphatic heterocycles. The summed E-state index contributed by atoms with van der Waals surface area (Å²) in [6, 6.07) is 4.29. The molecule has 1 amide bonds. The molecule has 0 spiro atoms. The van der Waals surface area contributed by atoms with Crippen LogP contribution in [-0.4, -0.2) is 57.8 Å². The van der Waals surface area contributed by atoms with Crippen molar-refractivity contribution in [2.75, 3.05) is 18.5 Å². The lowest BCUT2D eigenvalue weighted by Crippen LogP contribution is -2.46. The van der Waals surface area contributed by atoms with Crippen molar-refractivity contribution in [3.8, 4) is 5.69 Å². The Morgan fingerprint density at radius 1 is 1.30 bits per heavy atom. The first-order chi connectivity index (χ1) is 15.6. The van der Waals surface area contributed by atoms with Crippen molar-refractivity contribution in [1.82, 2.24) is 20.3 Å². The zero-order valence-corrected chi connectivity index (χ0v) is 20.4. The number of hydrogen-bond donors (Lipinski definition) is 2. The Kier molecular flexibility index (Phi) is 8.69. The molecule has 180 valence electrons. The highest BCUT2D eigenvalue weighted by atomic mass is 35.5. The average Bonchev–Trinajstić information content (AvgIpc) is 3.16. The van der Waals surface area contributed by atoms with E-state index in [1.165, 1.54) is 10.9 Å². The maximum Gasteiger partial charge on any atom is 0.323 e. The number of anilines is 1. The second-order valence-electron chi connectivity index (χ2n) is 8.89. The van der Waals surface area contributed by atoms with Crippen LogP contribution in [0.15, 0.2) is 24.4 Å². The summed E-state index contributed by atoms with van der Waals surface area (Å²) in [4.78, 5) is 25.5. The Balaban J connectivity index is 1.67. The molecule has 2 heterocycles. The minimum Gasteiger partial charge on any atom is -0.459 e. The lowest BCUT2D eigenvalue weighted by molar-refractivity contribution is -0.158. The molecule has 1 aromatic carbocycles. The molecule has 2 N–H and O–H groups in total. The first-order valence-corrected chi connectivity index (χ1v) is 11.6. The molecule has 0 saturated carbocycles. The van der Waals surface area contributed by atoms with Gasteiger partial charge in [-0.3, -0.25) is 14.9 Å². The van der Waals surface area contributed by atoms with Crippen molar-refractivity contribution in [3.05, 3.63) is 34.6 Å². The molecule has 1 aromatic heterocycles. The summed E-state index contributed by atoms with van der Waals surface area (Å²) in [7, 11) is 0. The van der Waals surface area contributed by atoms with Crippen LogP contribution in [-0.2, 0) is 19.1 Å². The molecule has 9 nitrogen and oxygen atoms in total. The molecule has 11 heteroatoms. The molecule has 2 unspecified atom stereocenters. The highest BCUT2D eigenvalue weighted by Gasteiger charge is 2.29. The van der Waals surface area contributed by atoms with Gasteiger partial charge in [-0.15, -0.1) is 5.10 Å². The fraction of sp³-hybridized carbons (Fsp3) is 0.545. The highest BCUT2D eigenvalue weighted by molar-refractivity contribution is 6.31. The molecule has 3 rings (SSSR count). The molecule has 33 heavy (non-hydrogen) atoms. The van der Waals surface area contributed by atoms with Crippen LogP contribution < -0.4 is 10.6 Å². The summed E-state index contributed by atoms with van der Waals surface area (Å²) in [5.41, 5.74) is 0.341. The van der Waals surface area contributed by atoms with Crippen molar-refractivity contribution in [3.63, 3.8) is 0 Å². The summed E-state index contributed by atoms with van der Waals surface area (Å²) in [5.74, 6) is -0.770. The minimum absolute atomic E-state index is 0.0524. The number of rotatable bonds is 8. The van der Waals surface area contributed by atoms with Gasteiger partial charge in [-0.05, 0) is 64.7 Å². The number of halogens is 2. The zero-order valence-electron chi connectivity index (χ0n) is 18.9. The smallest absolute Gasteiger partial charge is 0.323 e. The number of esters is 1. The molecule has 1 fully saturated rings. The van der Waals surface area contributed by atoms with Crippen LogP contribution >= 0.6 is 23.2 Å². The largest absolute Gasteiger partial charge is 0.459 e. The monoisotopic (exact) mass is 497 g/mol. The summed E-state index contributed by atoms with van der Waals surface area (Å²) < 4.78 is 12.8. The molecule has 2 atom stereocenters. The van der Waals surface area contributed by atoms with Gasteiger partial charge in [0.1, 0.15) is 11.6 Å². The third-order valence-corrected chi connectivity index (χ3v) is 5.33. The van der Waals surface area contributed by atoms with E-state index >= 15 is 0 Å². The normalized spacial score (nSPS) is 17.4. The molecule has 0 aliphatic carbocycles. The average molecular weight is 498 g/mol. The molecule has 1 saturated heterocycles. The summed E-state index contributed by atoms with van der Waals surface area (Å²) in [6.45, 7) is 5.99. The van der Waals surface area contributed by atoms with Crippen molar-refractivity contribution < 1.29 is 19.1 Å². The van der Waals surface area contributed by atoms with Gasteiger partial charge in [-0.2, -0.15) is 0 Å². The number of carbonyl (C=O) groups excluding carboxylic acids is 2. The Morgan fingerprint density at radius 3 is 2.73 bits per heavy atom. The van der Waals surface area contributed by atoms with Crippen molar-refractivity contribution in [1.29, 1.82) is 0 Å². The van der Waals surface area contributed by atoms with Crippen LogP contribution in [0.1, 0.15) is 46.5 Å². The fourth-order valence-electron chi connectivity index (χ4n) is 3.47. The van der Waals surface area contributed by atoms with Gasteiger partial charge in [0.25, 0.3) is 0 Å². The lowest BCUT2D eigenvalue weighted by Gasteiger charge is -2.29.